The van der Waals surface area contributed by atoms with Gasteiger partial charge in [-0.05, 0) is 92.1 Å². The second-order valence-electron chi connectivity index (χ2n) is 17.1. The number of carboxylic acids is 2. The molecule has 0 radical (unpaired) electrons. The summed E-state index contributed by atoms with van der Waals surface area (Å²) in [5.74, 6) is -2.92. The molecular formula is C48H54ClEuF4N8O11S. The number of halogens is 5. The number of fused-ring (bicyclic) bond motifs is 2. The van der Waals surface area contributed by atoms with E-state index in [2.05, 4.69) is 20.5 Å². The van der Waals surface area contributed by atoms with Crippen molar-refractivity contribution in [3.63, 3.8) is 0 Å². The number of benzene rings is 3. The van der Waals surface area contributed by atoms with Gasteiger partial charge < -0.3 is 39.7 Å². The molecule has 3 aromatic carbocycles. The van der Waals surface area contributed by atoms with Gasteiger partial charge in [0.2, 0.25) is 11.8 Å². The average Bonchev–Trinajstić information content (AvgIpc) is 3.59. The van der Waals surface area contributed by atoms with Crippen LogP contribution in [0.1, 0.15) is 40.2 Å². The molecule has 1 fully saturated rings. The van der Waals surface area contributed by atoms with Gasteiger partial charge in [-0.2, -0.15) is 13.2 Å². The number of hydrogen-bond donors (Lipinski definition) is 2. The van der Waals surface area contributed by atoms with E-state index in [9.17, 15) is 51.7 Å². The van der Waals surface area contributed by atoms with E-state index in [1.54, 1.807) is 70.0 Å². The van der Waals surface area contributed by atoms with Crippen molar-refractivity contribution < 1.29 is 119 Å². The zero-order valence-corrected chi connectivity index (χ0v) is 44.3. The van der Waals surface area contributed by atoms with Crippen LogP contribution in [0.15, 0.2) is 72.8 Å². The van der Waals surface area contributed by atoms with Crippen molar-refractivity contribution in [3.8, 4) is 5.75 Å². The van der Waals surface area contributed by atoms with Crippen molar-refractivity contribution in [3.05, 3.63) is 106 Å². The molecule has 0 saturated carbocycles. The quantitative estimate of drug-likeness (QED) is 0.0580. The van der Waals surface area contributed by atoms with Gasteiger partial charge in [-0.15, -0.1) is 0 Å². The van der Waals surface area contributed by atoms with Gasteiger partial charge in [-0.25, -0.2) is 12.8 Å². The number of aromatic nitrogens is 2. The van der Waals surface area contributed by atoms with E-state index in [1.807, 2.05) is 24.0 Å². The molecule has 0 aliphatic carbocycles. The van der Waals surface area contributed by atoms with Crippen molar-refractivity contribution in [1.29, 1.82) is 0 Å². The Kier molecular flexibility index (Phi) is 24.2. The summed E-state index contributed by atoms with van der Waals surface area (Å²) < 4.78 is 79.7. The standard InChI is InChI=1S/C47H56ClFN8O8.CHF3O3S.Eu/c1-32-39(40-26-38(65-2)12-14-42(40)57(32)47(64)33-5-8-35(48)9-6-33)27-43(58)50-15-3-4-16-51-44(59)29-54-19-23-55(30-45(60)61)21-17-53(18-22-56(24-20-54)31-46(62)63)28-37-11-7-34-25-36(49)10-13-41(34)52-37;2-1(3,4)8(5,6)7;/h5-14,25-26H,3-4,15-24,27-31H2,1-2H3,(H,50,58)(H,51,59)(H,60,61)(H,62,63);(H,5,6,7);/q;;+3/p-3. The molecule has 2 aromatic heterocycles. The summed E-state index contributed by atoms with van der Waals surface area (Å²) in [6, 6.07) is 20.0. The smallest absolute Gasteiger partial charge is 0.741 e. The Labute approximate surface area is 470 Å². The fourth-order valence-electron chi connectivity index (χ4n) is 8.02. The number of alkyl halides is 3. The molecule has 3 heterocycles. The number of ether oxygens (including phenoxy) is 1. The van der Waals surface area contributed by atoms with E-state index >= 15 is 0 Å². The molecule has 0 bridgehead atoms. The summed E-state index contributed by atoms with van der Waals surface area (Å²) in [7, 11) is -4.54. The van der Waals surface area contributed by atoms with Crippen molar-refractivity contribution in [1.82, 2.24) is 39.8 Å². The molecule has 0 unspecified atom stereocenters. The fraction of sp³-hybridized carbons (Fsp3) is 0.417. The molecule has 5 aromatic rings. The zero-order chi connectivity index (χ0) is 53.5. The van der Waals surface area contributed by atoms with Crippen LogP contribution in [-0.4, -0.2) is 169 Å². The number of carbonyl (C=O) groups is 5. The van der Waals surface area contributed by atoms with Gasteiger partial charge in [0.25, 0.3) is 5.91 Å². The number of nitrogens with zero attached hydrogens (tertiary/aromatic N) is 6. The summed E-state index contributed by atoms with van der Waals surface area (Å²) in [6.07, 6.45) is 1.21. The van der Waals surface area contributed by atoms with E-state index in [4.69, 9.17) is 29.3 Å². The van der Waals surface area contributed by atoms with Gasteiger partial charge in [-0.3, -0.25) is 43.5 Å². The van der Waals surface area contributed by atoms with E-state index in [-0.39, 0.29) is 99.0 Å². The summed E-state index contributed by atoms with van der Waals surface area (Å²) in [4.78, 5) is 75.7. The van der Waals surface area contributed by atoms with E-state index in [0.717, 1.165) is 11.1 Å². The normalized spacial score (nSPS) is 14.7. The Morgan fingerprint density at radius 2 is 1.27 bits per heavy atom. The average molecular weight is 1210 g/mol. The molecule has 1 aliphatic rings. The Balaban J connectivity index is 0.00000121. The molecule has 1 saturated heterocycles. The van der Waals surface area contributed by atoms with Gasteiger partial charge in [0.15, 0.2) is 10.1 Å². The second-order valence-corrected chi connectivity index (χ2v) is 18.9. The topological polar surface area (TPSA) is 253 Å². The van der Waals surface area contributed by atoms with Crippen LogP contribution < -0.4 is 25.6 Å². The van der Waals surface area contributed by atoms with Crippen LogP contribution >= 0.6 is 11.6 Å². The van der Waals surface area contributed by atoms with Gasteiger partial charge >= 0.3 is 54.9 Å². The number of pyridine rings is 1. The minimum Gasteiger partial charge on any atom is -0.741 e. The van der Waals surface area contributed by atoms with Gasteiger partial charge in [0.05, 0.1) is 48.7 Å². The van der Waals surface area contributed by atoms with Crippen LogP contribution in [0, 0.1) is 62.1 Å². The van der Waals surface area contributed by atoms with Crippen LogP contribution in [0.4, 0.5) is 17.6 Å². The summed E-state index contributed by atoms with van der Waals surface area (Å²) in [5.41, 5.74) is -1.83. The Morgan fingerprint density at radius 3 is 1.80 bits per heavy atom. The number of aliphatic carboxylic acids is 2. The van der Waals surface area contributed by atoms with Crippen molar-refractivity contribution in [2.24, 2.45) is 0 Å². The molecule has 74 heavy (non-hydrogen) atoms. The maximum atomic E-state index is 13.7. The Bertz CT molecular complexity index is 2830. The first-order chi connectivity index (χ1) is 34.5. The van der Waals surface area contributed by atoms with Crippen LogP contribution in [-0.2, 0) is 42.3 Å². The molecular weight excluding hydrogens is 1160 g/mol. The first-order valence-corrected chi connectivity index (χ1v) is 24.7. The second kappa shape index (κ2) is 29.0. The van der Waals surface area contributed by atoms with Crippen molar-refractivity contribution in [2.45, 2.75) is 38.2 Å². The summed E-state index contributed by atoms with van der Waals surface area (Å²) >= 11 is 6.05. The molecule has 0 atom stereocenters. The molecule has 0 spiro atoms. The third-order valence-corrected chi connectivity index (χ3v) is 12.6. The third kappa shape index (κ3) is 19.1. The van der Waals surface area contributed by atoms with Crippen LogP contribution in [0.5, 0.6) is 5.75 Å². The number of nitrogens with one attached hydrogen (secondary N) is 2. The summed E-state index contributed by atoms with van der Waals surface area (Å²) in [5, 5.41) is 31.3. The van der Waals surface area contributed by atoms with Crippen molar-refractivity contribution >= 4 is 73.2 Å². The number of carbonyl (C=O) groups excluding carboxylic acids is 5. The third-order valence-electron chi connectivity index (χ3n) is 11.8. The number of unbranched alkanes of at least 4 members (excludes halogenated alkanes) is 1. The monoisotopic (exact) mass is 1210 g/mol. The first-order valence-electron chi connectivity index (χ1n) is 22.9. The van der Waals surface area contributed by atoms with Gasteiger partial charge in [0, 0.05) is 112 Å². The predicted octanol–water partition coefficient (Wildman–Crippen LogP) is 1.52. The SMILES string of the molecule is COc1ccc2c(c1)c(CC(=O)NCCCCNC(=O)CN1CCN(CC(=O)[O-])CCN(Cc3ccc4cc(F)ccc4n3)CCN(CC(=O)[O-])CC1)c(C)n2C(=O)c1ccc(Cl)cc1.O=S(=O)([O-])C(F)(F)F.[Eu+3]. The minimum absolute atomic E-state index is 0. The molecule has 400 valence electrons. The Morgan fingerprint density at radius 1 is 0.743 bits per heavy atom. The number of amides is 2. The zero-order valence-electron chi connectivity index (χ0n) is 40.3. The summed E-state index contributed by atoms with van der Waals surface area (Å²) in [6.45, 7) is 5.29. The van der Waals surface area contributed by atoms with Crippen LogP contribution in [0.3, 0.4) is 0 Å². The molecule has 26 heteroatoms. The van der Waals surface area contributed by atoms with Gasteiger partial charge in [-0.1, -0.05) is 17.7 Å². The number of methoxy groups -OCH3 is 1. The first kappa shape index (κ1) is 61.8. The molecule has 1 aliphatic heterocycles. The molecule has 19 nitrogen and oxygen atoms in total. The Hall–Kier alpha value is -4.70. The maximum Gasteiger partial charge on any atom is 3.00 e. The van der Waals surface area contributed by atoms with E-state index in [0.29, 0.717) is 129 Å². The fourth-order valence-corrected chi connectivity index (χ4v) is 8.14. The minimum atomic E-state index is -6.09. The number of rotatable bonds is 17. The van der Waals surface area contributed by atoms with E-state index in [1.165, 1.54) is 12.1 Å². The molecule has 6 rings (SSSR count). The number of hydrogen-bond acceptors (Lipinski definition) is 16. The predicted molar refractivity (Wildman–Crippen MR) is 255 cm³/mol. The van der Waals surface area contributed by atoms with Crippen molar-refractivity contribution in [2.75, 3.05) is 92.2 Å². The largest absolute Gasteiger partial charge is 3.00 e. The van der Waals surface area contributed by atoms with Gasteiger partial charge in [0.1, 0.15) is 11.6 Å². The maximum absolute atomic E-state index is 13.7. The van der Waals surface area contributed by atoms with Crippen LogP contribution in [0.25, 0.3) is 21.8 Å². The molecule has 2 N–H and O–H groups in total. The van der Waals surface area contributed by atoms with E-state index < -0.39 is 27.6 Å². The van der Waals surface area contributed by atoms with Crippen LogP contribution in [0.2, 0.25) is 5.02 Å². The molecule has 2 amide bonds. The number of carboxylic acid groups (broad SMARTS) is 2.